The van der Waals surface area contributed by atoms with E-state index in [1.54, 1.807) is 0 Å². The predicted octanol–water partition coefficient (Wildman–Crippen LogP) is 2.18. The zero-order valence-electron chi connectivity index (χ0n) is 13.0. The highest BCUT2D eigenvalue weighted by Gasteiger charge is 2.39. The van der Waals surface area contributed by atoms with Crippen molar-refractivity contribution in [2.24, 2.45) is 17.8 Å². The summed E-state index contributed by atoms with van der Waals surface area (Å²) in [6, 6.07) is 0. The standard InChI is InChI=1S/C16H24O6/c1-3-14(17)21-8-4-5-9-22-16(20)13-10-11(2)6-7-12(13)15(18)19/h3,11-13H,1,4-10H2,2H3,(H,18,19). The fourth-order valence-electron chi connectivity index (χ4n) is 2.65. The predicted molar refractivity (Wildman–Crippen MR) is 79.0 cm³/mol. The van der Waals surface area contributed by atoms with Crippen LogP contribution >= 0.6 is 0 Å². The number of carboxylic acid groups (broad SMARTS) is 1. The van der Waals surface area contributed by atoms with Gasteiger partial charge in [0.15, 0.2) is 0 Å². The van der Waals surface area contributed by atoms with E-state index in [9.17, 15) is 19.5 Å². The van der Waals surface area contributed by atoms with Gasteiger partial charge in [0, 0.05) is 6.08 Å². The Balaban J connectivity index is 2.29. The lowest BCUT2D eigenvalue weighted by Crippen LogP contribution is -2.36. The number of hydrogen-bond acceptors (Lipinski definition) is 5. The van der Waals surface area contributed by atoms with Gasteiger partial charge in [0.1, 0.15) is 0 Å². The lowest BCUT2D eigenvalue weighted by Gasteiger charge is -2.30. The Labute approximate surface area is 130 Å². The lowest BCUT2D eigenvalue weighted by molar-refractivity contribution is -0.160. The molecule has 0 aliphatic heterocycles. The number of unbranched alkanes of at least 4 members (excludes halogenated alkanes) is 1. The number of esters is 2. The second-order valence-electron chi connectivity index (χ2n) is 5.72. The summed E-state index contributed by atoms with van der Waals surface area (Å²) in [5.41, 5.74) is 0. The molecule has 0 aromatic rings. The Morgan fingerprint density at radius 3 is 2.36 bits per heavy atom. The molecule has 6 nitrogen and oxygen atoms in total. The number of hydrogen-bond donors (Lipinski definition) is 1. The molecular weight excluding hydrogens is 288 g/mol. The van der Waals surface area contributed by atoms with Crippen molar-refractivity contribution in [1.82, 2.24) is 0 Å². The first kappa shape index (κ1) is 18.2. The number of carboxylic acids is 1. The Hall–Kier alpha value is -1.85. The van der Waals surface area contributed by atoms with Crippen molar-refractivity contribution in [3.63, 3.8) is 0 Å². The summed E-state index contributed by atoms with van der Waals surface area (Å²) in [5, 5.41) is 9.20. The van der Waals surface area contributed by atoms with E-state index in [0.29, 0.717) is 31.6 Å². The second-order valence-corrected chi connectivity index (χ2v) is 5.72. The molecule has 0 aromatic carbocycles. The number of ether oxygens (including phenoxy) is 2. The largest absolute Gasteiger partial charge is 0.481 e. The molecule has 0 radical (unpaired) electrons. The number of carbonyl (C=O) groups excluding carboxylic acids is 2. The van der Waals surface area contributed by atoms with Crippen molar-refractivity contribution in [3.05, 3.63) is 12.7 Å². The molecule has 3 unspecified atom stereocenters. The zero-order valence-corrected chi connectivity index (χ0v) is 13.0. The summed E-state index contributed by atoms with van der Waals surface area (Å²) in [6.07, 6.45) is 4.15. The fourth-order valence-corrected chi connectivity index (χ4v) is 2.65. The van der Waals surface area contributed by atoms with Crippen molar-refractivity contribution in [1.29, 1.82) is 0 Å². The van der Waals surface area contributed by atoms with E-state index in [1.807, 2.05) is 6.92 Å². The molecule has 0 aromatic heterocycles. The summed E-state index contributed by atoms with van der Waals surface area (Å²) in [4.78, 5) is 34.1. The van der Waals surface area contributed by atoms with Gasteiger partial charge in [-0.3, -0.25) is 9.59 Å². The first-order valence-electron chi connectivity index (χ1n) is 7.64. The number of rotatable bonds is 8. The van der Waals surface area contributed by atoms with Crippen LogP contribution in [0.3, 0.4) is 0 Å². The maximum absolute atomic E-state index is 12.1. The molecule has 3 atom stereocenters. The Bertz CT molecular complexity index is 417. The Morgan fingerprint density at radius 2 is 1.77 bits per heavy atom. The molecule has 0 saturated heterocycles. The normalized spacial score (nSPS) is 24.3. The maximum atomic E-state index is 12.1. The van der Waals surface area contributed by atoms with Gasteiger partial charge in [-0.15, -0.1) is 0 Å². The highest BCUT2D eigenvalue weighted by Crippen LogP contribution is 2.34. The molecule has 0 amide bonds. The van der Waals surface area contributed by atoms with Crippen LogP contribution in [0.15, 0.2) is 12.7 Å². The van der Waals surface area contributed by atoms with Crippen LogP contribution in [0.5, 0.6) is 0 Å². The van der Waals surface area contributed by atoms with E-state index in [-0.39, 0.29) is 13.2 Å². The van der Waals surface area contributed by atoms with E-state index in [0.717, 1.165) is 12.5 Å². The van der Waals surface area contributed by atoms with E-state index in [2.05, 4.69) is 6.58 Å². The first-order valence-corrected chi connectivity index (χ1v) is 7.64. The number of aliphatic carboxylic acids is 1. The Morgan fingerprint density at radius 1 is 1.14 bits per heavy atom. The molecule has 1 aliphatic rings. The lowest BCUT2D eigenvalue weighted by atomic mass is 9.74. The van der Waals surface area contributed by atoms with Crippen LogP contribution < -0.4 is 0 Å². The van der Waals surface area contributed by atoms with Crippen LogP contribution in [0, 0.1) is 17.8 Å². The van der Waals surface area contributed by atoms with Gasteiger partial charge in [0.25, 0.3) is 0 Å². The minimum absolute atomic E-state index is 0.210. The SMILES string of the molecule is C=CC(=O)OCCCCOC(=O)C1CC(C)CCC1C(=O)O. The van der Waals surface area contributed by atoms with Crippen LogP contribution in [0.2, 0.25) is 0 Å². The first-order chi connectivity index (χ1) is 10.5. The van der Waals surface area contributed by atoms with E-state index >= 15 is 0 Å². The van der Waals surface area contributed by atoms with Crippen molar-refractivity contribution < 1.29 is 29.0 Å². The topological polar surface area (TPSA) is 89.9 Å². The van der Waals surface area contributed by atoms with E-state index in [1.165, 1.54) is 0 Å². The van der Waals surface area contributed by atoms with Crippen molar-refractivity contribution in [2.75, 3.05) is 13.2 Å². The highest BCUT2D eigenvalue weighted by molar-refractivity contribution is 5.81. The molecule has 0 heterocycles. The average molecular weight is 312 g/mol. The summed E-state index contributed by atoms with van der Waals surface area (Å²) in [6.45, 7) is 5.77. The summed E-state index contributed by atoms with van der Waals surface area (Å²) < 4.78 is 9.98. The average Bonchev–Trinajstić information content (AvgIpc) is 2.49. The van der Waals surface area contributed by atoms with Gasteiger partial charge >= 0.3 is 17.9 Å². The smallest absolute Gasteiger partial charge is 0.330 e. The molecule has 6 heteroatoms. The van der Waals surface area contributed by atoms with Crippen molar-refractivity contribution in [3.8, 4) is 0 Å². The third kappa shape index (κ3) is 5.87. The molecule has 1 fully saturated rings. The van der Waals surface area contributed by atoms with Gasteiger partial charge < -0.3 is 14.6 Å². The minimum Gasteiger partial charge on any atom is -0.481 e. The molecule has 0 bridgehead atoms. The number of carbonyl (C=O) groups is 3. The molecule has 1 saturated carbocycles. The van der Waals surface area contributed by atoms with E-state index < -0.39 is 29.7 Å². The Kier molecular flexibility index (Phi) is 7.63. The van der Waals surface area contributed by atoms with Gasteiger partial charge in [-0.05, 0) is 38.0 Å². The molecule has 1 aliphatic carbocycles. The van der Waals surface area contributed by atoms with Crippen LogP contribution in [0.4, 0.5) is 0 Å². The van der Waals surface area contributed by atoms with Gasteiger partial charge in [0.2, 0.25) is 0 Å². The van der Waals surface area contributed by atoms with E-state index in [4.69, 9.17) is 9.47 Å². The minimum atomic E-state index is -0.926. The third-order valence-electron chi connectivity index (χ3n) is 3.93. The van der Waals surface area contributed by atoms with Crippen LogP contribution in [-0.2, 0) is 23.9 Å². The molecule has 124 valence electrons. The summed E-state index contributed by atoms with van der Waals surface area (Å²) in [7, 11) is 0. The molecule has 22 heavy (non-hydrogen) atoms. The van der Waals surface area contributed by atoms with Crippen LogP contribution in [0.25, 0.3) is 0 Å². The summed E-state index contributed by atoms with van der Waals surface area (Å²) in [5.74, 6) is -2.69. The zero-order chi connectivity index (χ0) is 16.5. The fraction of sp³-hybridized carbons (Fsp3) is 0.688. The van der Waals surface area contributed by atoms with Crippen molar-refractivity contribution >= 4 is 17.9 Å². The van der Waals surface area contributed by atoms with Crippen LogP contribution in [0.1, 0.15) is 39.0 Å². The van der Waals surface area contributed by atoms with Gasteiger partial charge in [-0.25, -0.2) is 4.79 Å². The molecule has 1 N–H and O–H groups in total. The van der Waals surface area contributed by atoms with Gasteiger partial charge in [-0.2, -0.15) is 0 Å². The maximum Gasteiger partial charge on any atom is 0.330 e. The van der Waals surface area contributed by atoms with Gasteiger partial charge in [-0.1, -0.05) is 13.5 Å². The quantitative estimate of drug-likeness (QED) is 0.420. The molecule has 0 spiro atoms. The van der Waals surface area contributed by atoms with Crippen LogP contribution in [-0.4, -0.2) is 36.2 Å². The molecule has 1 rings (SSSR count). The van der Waals surface area contributed by atoms with Crippen molar-refractivity contribution in [2.45, 2.75) is 39.0 Å². The second kappa shape index (κ2) is 9.23. The summed E-state index contributed by atoms with van der Waals surface area (Å²) >= 11 is 0. The monoisotopic (exact) mass is 312 g/mol. The molecular formula is C16H24O6. The van der Waals surface area contributed by atoms with Gasteiger partial charge in [0.05, 0.1) is 25.0 Å². The third-order valence-corrected chi connectivity index (χ3v) is 3.93. The highest BCUT2D eigenvalue weighted by atomic mass is 16.5.